The summed E-state index contributed by atoms with van der Waals surface area (Å²) in [6, 6.07) is 15.6. The van der Waals surface area contributed by atoms with Gasteiger partial charge < -0.3 is 0 Å². The molecule has 0 amide bonds. The van der Waals surface area contributed by atoms with Gasteiger partial charge in [-0.1, -0.05) is 55.5 Å². The van der Waals surface area contributed by atoms with Crippen LogP contribution in [-0.2, 0) is 9.84 Å². The summed E-state index contributed by atoms with van der Waals surface area (Å²) in [4.78, 5) is 0. The predicted octanol–water partition coefficient (Wildman–Crippen LogP) is 3.19. The van der Waals surface area contributed by atoms with Gasteiger partial charge in [0.25, 0.3) is 0 Å². The van der Waals surface area contributed by atoms with E-state index in [-0.39, 0.29) is 5.75 Å². The number of hydrogen-bond donors (Lipinski definition) is 0. The number of rotatable bonds is 2. The Morgan fingerprint density at radius 2 is 1.33 bits per heavy atom. The van der Waals surface area contributed by atoms with Crippen LogP contribution in [0.2, 0.25) is 0 Å². The van der Waals surface area contributed by atoms with E-state index >= 15 is 0 Å². The van der Waals surface area contributed by atoms with Crippen molar-refractivity contribution in [2.45, 2.75) is 12.2 Å². The second kappa shape index (κ2) is 3.95. The number of sulfone groups is 1. The second-order valence-corrected chi connectivity index (χ2v) is 6.88. The molecule has 0 N–H and O–H groups in total. The van der Waals surface area contributed by atoms with Crippen LogP contribution in [0.3, 0.4) is 0 Å². The molecule has 3 heteroatoms. The third-order valence-electron chi connectivity index (χ3n) is 3.54. The molecule has 0 atom stereocenters. The predicted molar refractivity (Wildman–Crippen MR) is 73.2 cm³/mol. The van der Waals surface area contributed by atoms with Crippen LogP contribution in [0.25, 0.3) is 11.1 Å². The number of fused-ring (bicyclic) bond motifs is 3. The molecule has 0 spiro atoms. The van der Waals surface area contributed by atoms with E-state index in [1.165, 1.54) is 0 Å². The van der Waals surface area contributed by atoms with Crippen LogP contribution in [0.4, 0.5) is 0 Å². The van der Waals surface area contributed by atoms with E-state index < -0.39 is 15.1 Å². The zero-order valence-corrected chi connectivity index (χ0v) is 10.9. The van der Waals surface area contributed by atoms with Gasteiger partial charge in [0, 0.05) is 5.75 Å². The smallest absolute Gasteiger partial charge is 0.161 e. The van der Waals surface area contributed by atoms with Crippen molar-refractivity contribution in [2.24, 2.45) is 0 Å². The molecule has 0 aliphatic heterocycles. The molecule has 2 aromatic rings. The van der Waals surface area contributed by atoms with Crippen molar-refractivity contribution in [3.63, 3.8) is 0 Å². The number of benzene rings is 2. The van der Waals surface area contributed by atoms with Gasteiger partial charge in [-0.25, -0.2) is 8.42 Å². The van der Waals surface area contributed by atoms with Crippen LogP contribution in [0.15, 0.2) is 48.5 Å². The Bertz CT molecular complexity index is 656. The molecule has 0 fully saturated rings. The van der Waals surface area contributed by atoms with Crippen LogP contribution in [0.5, 0.6) is 0 Å². The topological polar surface area (TPSA) is 34.1 Å². The zero-order valence-electron chi connectivity index (χ0n) is 10.1. The van der Waals surface area contributed by atoms with Crippen LogP contribution in [0, 0.1) is 0 Å². The Morgan fingerprint density at radius 3 is 1.78 bits per heavy atom. The van der Waals surface area contributed by atoms with Crippen molar-refractivity contribution in [2.75, 3.05) is 5.75 Å². The molecule has 0 radical (unpaired) electrons. The maximum Gasteiger partial charge on any atom is 0.161 e. The molecule has 2 aromatic carbocycles. The summed E-state index contributed by atoms with van der Waals surface area (Å²) in [6.07, 6.45) is 0. The minimum Gasteiger partial charge on any atom is -0.228 e. The Balaban J connectivity index is 2.34. The molecule has 0 saturated carbocycles. The van der Waals surface area contributed by atoms with E-state index in [1.54, 1.807) is 6.92 Å². The van der Waals surface area contributed by atoms with Crippen LogP contribution < -0.4 is 0 Å². The van der Waals surface area contributed by atoms with Crippen molar-refractivity contribution >= 4 is 9.84 Å². The first-order valence-electron chi connectivity index (χ1n) is 6.05. The SMILES string of the molecule is CCS(=O)(=O)C1c2ccccc2-c2ccccc21. The molecular weight excluding hydrogens is 244 g/mol. The van der Waals surface area contributed by atoms with Crippen LogP contribution in [-0.4, -0.2) is 14.2 Å². The van der Waals surface area contributed by atoms with Gasteiger partial charge in [0.1, 0.15) is 5.25 Å². The average molecular weight is 258 g/mol. The molecule has 0 bridgehead atoms. The summed E-state index contributed by atoms with van der Waals surface area (Å²) in [6.45, 7) is 1.71. The van der Waals surface area contributed by atoms with Gasteiger partial charge in [-0.3, -0.25) is 0 Å². The molecule has 0 heterocycles. The van der Waals surface area contributed by atoms with Crippen molar-refractivity contribution in [1.29, 1.82) is 0 Å². The Hall–Kier alpha value is -1.61. The summed E-state index contributed by atoms with van der Waals surface area (Å²) < 4.78 is 24.7. The lowest BCUT2D eigenvalue weighted by atomic mass is 10.1. The first-order valence-corrected chi connectivity index (χ1v) is 7.76. The zero-order chi connectivity index (χ0) is 12.8. The van der Waals surface area contributed by atoms with Gasteiger partial charge in [-0.2, -0.15) is 0 Å². The van der Waals surface area contributed by atoms with E-state index in [1.807, 2.05) is 48.5 Å². The van der Waals surface area contributed by atoms with E-state index in [9.17, 15) is 8.42 Å². The molecule has 2 nitrogen and oxygen atoms in total. The highest BCUT2D eigenvalue weighted by atomic mass is 32.2. The van der Waals surface area contributed by atoms with Crippen molar-refractivity contribution in [1.82, 2.24) is 0 Å². The van der Waals surface area contributed by atoms with Crippen LogP contribution >= 0.6 is 0 Å². The van der Waals surface area contributed by atoms with Gasteiger partial charge in [-0.15, -0.1) is 0 Å². The lowest BCUT2D eigenvalue weighted by Gasteiger charge is -2.13. The van der Waals surface area contributed by atoms with Crippen LogP contribution in [0.1, 0.15) is 23.3 Å². The molecule has 0 aromatic heterocycles. The summed E-state index contributed by atoms with van der Waals surface area (Å²) in [5.74, 6) is 0.167. The first-order chi connectivity index (χ1) is 8.65. The summed E-state index contributed by atoms with van der Waals surface area (Å²) in [5.41, 5.74) is 3.94. The van der Waals surface area contributed by atoms with E-state index in [2.05, 4.69) is 0 Å². The van der Waals surface area contributed by atoms with Crippen molar-refractivity contribution in [3.05, 3.63) is 59.7 Å². The second-order valence-electron chi connectivity index (χ2n) is 4.51. The van der Waals surface area contributed by atoms with Crippen molar-refractivity contribution in [3.8, 4) is 11.1 Å². The Labute approximate surface area is 107 Å². The van der Waals surface area contributed by atoms with Crippen molar-refractivity contribution < 1.29 is 8.42 Å². The molecule has 3 rings (SSSR count). The monoisotopic (exact) mass is 258 g/mol. The fourth-order valence-corrected chi connectivity index (χ4v) is 4.18. The molecule has 0 unspecified atom stereocenters. The highest BCUT2D eigenvalue weighted by molar-refractivity contribution is 7.91. The lowest BCUT2D eigenvalue weighted by molar-refractivity contribution is 0.591. The van der Waals surface area contributed by atoms with E-state index in [0.29, 0.717) is 0 Å². The Morgan fingerprint density at radius 1 is 0.889 bits per heavy atom. The highest BCUT2D eigenvalue weighted by Gasteiger charge is 2.36. The molecule has 1 aliphatic rings. The number of hydrogen-bond acceptors (Lipinski definition) is 2. The summed E-state index contributed by atoms with van der Waals surface area (Å²) in [7, 11) is -3.12. The molecule has 92 valence electrons. The quantitative estimate of drug-likeness (QED) is 0.829. The summed E-state index contributed by atoms with van der Waals surface area (Å²) in [5, 5.41) is -0.491. The van der Waals surface area contributed by atoms with E-state index in [4.69, 9.17) is 0 Å². The summed E-state index contributed by atoms with van der Waals surface area (Å²) >= 11 is 0. The largest absolute Gasteiger partial charge is 0.228 e. The Kier molecular flexibility index (Phi) is 2.52. The molecule has 18 heavy (non-hydrogen) atoms. The maximum atomic E-state index is 12.3. The van der Waals surface area contributed by atoms with Gasteiger partial charge in [0.2, 0.25) is 0 Å². The molecular formula is C15H14O2S. The molecule has 1 aliphatic carbocycles. The lowest BCUT2D eigenvalue weighted by Crippen LogP contribution is -2.14. The fourth-order valence-electron chi connectivity index (χ4n) is 2.66. The van der Waals surface area contributed by atoms with Gasteiger partial charge >= 0.3 is 0 Å². The minimum atomic E-state index is -3.12. The van der Waals surface area contributed by atoms with Gasteiger partial charge in [0.15, 0.2) is 9.84 Å². The standard InChI is InChI=1S/C15H14O2S/c1-2-18(16,17)15-13-9-5-3-7-11(13)12-8-4-6-10-14(12)15/h3-10,15H,2H2,1H3. The third-order valence-corrected chi connectivity index (χ3v) is 5.57. The first kappa shape index (κ1) is 11.5. The van der Waals surface area contributed by atoms with Gasteiger partial charge in [0.05, 0.1) is 0 Å². The minimum absolute atomic E-state index is 0.167. The highest BCUT2D eigenvalue weighted by Crippen LogP contribution is 2.47. The maximum absolute atomic E-state index is 12.3. The third kappa shape index (κ3) is 1.51. The van der Waals surface area contributed by atoms with E-state index in [0.717, 1.165) is 22.3 Å². The van der Waals surface area contributed by atoms with Gasteiger partial charge in [-0.05, 0) is 22.3 Å². The average Bonchev–Trinajstić information content (AvgIpc) is 2.74. The normalized spacial score (nSPS) is 14.3. The fraction of sp³-hybridized carbons (Fsp3) is 0.200. The molecule has 0 saturated heterocycles.